The third kappa shape index (κ3) is 2.89. The summed E-state index contributed by atoms with van der Waals surface area (Å²) in [7, 11) is -3.82. The van der Waals surface area contributed by atoms with Crippen molar-refractivity contribution in [2.75, 3.05) is 16.6 Å². The summed E-state index contributed by atoms with van der Waals surface area (Å²) in [4.78, 5) is 0.107. The maximum atomic E-state index is 13.7. The molecule has 0 aliphatic carbocycles. The van der Waals surface area contributed by atoms with Crippen molar-refractivity contribution in [3.63, 3.8) is 0 Å². The second-order valence-electron chi connectivity index (χ2n) is 4.73. The van der Waals surface area contributed by atoms with Crippen LogP contribution in [-0.4, -0.2) is 15.0 Å². The van der Waals surface area contributed by atoms with Gasteiger partial charge in [-0.05, 0) is 42.3 Å². The molecule has 0 unspecified atom stereocenters. The maximum Gasteiger partial charge on any atom is 0.262 e. The molecule has 0 amide bonds. The van der Waals surface area contributed by atoms with Crippen molar-refractivity contribution >= 4 is 37.3 Å². The van der Waals surface area contributed by atoms with Crippen LogP contribution in [0.3, 0.4) is 0 Å². The van der Waals surface area contributed by atoms with E-state index in [0.717, 1.165) is 24.2 Å². The molecule has 0 atom stereocenters. The molecule has 0 aromatic heterocycles. The monoisotopic (exact) mass is 370 g/mol. The van der Waals surface area contributed by atoms with Gasteiger partial charge in [0, 0.05) is 16.7 Å². The fourth-order valence-electron chi connectivity index (χ4n) is 2.22. The van der Waals surface area contributed by atoms with Crippen molar-refractivity contribution in [3.8, 4) is 0 Å². The van der Waals surface area contributed by atoms with Gasteiger partial charge in [0.1, 0.15) is 5.82 Å². The van der Waals surface area contributed by atoms with E-state index < -0.39 is 15.8 Å². The van der Waals surface area contributed by atoms with E-state index in [4.69, 9.17) is 0 Å². The molecule has 1 aliphatic rings. The minimum absolute atomic E-state index is 0.0853. The summed E-state index contributed by atoms with van der Waals surface area (Å²) in [6.07, 6.45) is 0.878. The van der Waals surface area contributed by atoms with Gasteiger partial charge in [0.2, 0.25) is 0 Å². The lowest BCUT2D eigenvalue weighted by Gasteiger charge is -2.10. The molecule has 110 valence electrons. The van der Waals surface area contributed by atoms with Crippen LogP contribution in [0.5, 0.6) is 0 Å². The standard InChI is InChI=1S/C14H12BrFN2O2S/c15-10-2-4-12(16)14(7-10)18-21(19,20)11-3-1-9-5-6-17-13(9)8-11/h1-4,7-8,17-18H,5-6H2. The van der Waals surface area contributed by atoms with Gasteiger partial charge >= 0.3 is 0 Å². The third-order valence-corrected chi connectivity index (χ3v) is 5.13. The third-order valence-electron chi connectivity index (χ3n) is 3.27. The maximum absolute atomic E-state index is 13.7. The van der Waals surface area contributed by atoms with Gasteiger partial charge in [-0.25, -0.2) is 12.8 Å². The highest BCUT2D eigenvalue weighted by Gasteiger charge is 2.19. The zero-order valence-corrected chi connectivity index (χ0v) is 13.3. The Morgan fingerprint density at radius 3 is 2.81 bits per heavy atom. The second kappa shape index (κ2) is 5.31. The normalized spacial score (nSPS) is 13.6. The number of benzene rings is 2. The average Bonchev–Trinajstić information content (AvgIpc) is 2.90. The van der Waals surface area contributed by atoms with Crippen molar-refractivity contribution in [2.24, 2.45) is 0 Å². The Balaban J connectivity index is 1.95. The van der Waals surface area contributed by atoms with E-state index in [0.29, 0.717) is 4.47 Å². The molecule has 2 aromatic rings. The molecule has 0 saturated heterocycles. The summed E-state index contributed by atoms with van der Waals surface area (Å²) in [5.41, 5.74) is 1.81. The summed E-state index contributed by atoms with van der Waals surface area (Å²) in [5, 5.41) is 3.12. The molecule has 3 rings (SSSR count). The summed E-state index contributed by atoms with van der Waals surface area (Å²) in [5.74, 6) is -0.624. The smallest absolute Gasteiger partial charge is 0.262 e. The Bertz CT molecular complexity index is 809. The summed E-state index contributed by atoms with van der Waals surface area (Å²) < 4.78 is 41.2. The van der Waals surface area contributed by atoms with Gasteiger partial charge in [-0.15, -0.1) is 0 Å². The Kier molecular flexibility index (Phi) is 3.62. The first-order valence-electron chi connectivity index (χ1n) is 6.30. The highest BCUT2D eigenvalue weighted by Crippen LogP contribution is 2.27. The molecule has 1 aliphatic heterocycles. The number of hydrogen-bond donors (Lipinski definition) is 2. The van der Waals surface area contributed by atoms with Crippen LogP contribution in [0.25, 0.3) is 0 Å². The van der Waals surface area contributed by atoms with Crippen LogP contribution in [0.15, 0.2) is 45.8 Å². The van der Waals surface area contributed by atoms with E-state index in [-0.39, 0.29) is 10.6 Å². The number of hydrogen-bond acceptors (Lipinski definition) is 3. The van der Waals surface area contributed by atoms with Crippen LogP contribution in [0.2, 0.25) is 0 Å². The van der Waals surface area contributed by atoms with Crippen LogP contribution < -0.4 is 10.0 Å². The van der Waals surface area contributed by atoms with Crippen molar-refractivity contribution in [2.45, 2.75) is 11.3 Å². The summed E-state index contributed by atoms with van der Waals surface area (Å²) >= 11 is 3.19. The lowest BCUT2D eigenvalue weighted by atomic mass is 10.2. The Labute approximate surface area is 130 Å². The number of nitrogens with one attached hydrogen (secondary N) is 2. The predicted octanol–water partition coefficient (Wildman–Crippen LogP) is 3.36. The highest BCUT2D eigenvalue weighted by molar-refractivity contribution is 9.10. The Morgan fingerprint density at radius 1 is 1.19 bits per heavy atom. The largest absolute Gasteiger partial charge is 0.384 e. The number of fused-ring (bicyclic) bond motifs is 1. The van der Waals surface area contributed by atoms with Gasteiger partial charge in [0.15, 0.2) is 0 Å². The number of sulfonamides is 1. The minimum atomic E-state index is -3.82. The van der Waals surface area contributed by atoms with E-state index in [1.807, 2.05) is 0 Å². The highest BCUT2D eigenvalue weighted by atomic mass is 79.9. The molecule has 4 nitrogen and oxygen atoms in total. The molecule has 0 fully saturated rings. The van der Waals surface area contributed by atoms with Crippen LogP contribution in [0.4, 0.5) is 15.8 Å². The van der Waals surface area contributed by atoms with Gasteiger partial charge in [-0.3, -0.25) is 4.72 Å². The molecule has 0 spiro atoms. The lowest BCUT2D eigenvalue weighted by molar-refractivity contribution is 0.598. The molecule has 21 heavy (non-hydrogen) atoms. The van der Waals surface area contributed by atoms with Crippen LogP contribution in [-0.2, 0) is 16.4 Å². The van der Waals surface area contributed by atoms with Crippen molar-refractivity contribution in [1.82, 2.24) is 0 Å². The fraction of sp³-hybridized carbons (Fsp3) is 0.143. The molecule has 0 saturated carbocycles. The Morgan fingerprint density at radius 2 is 2.00 bits per heavy atom. The number of anilines is 2. The van der Waals surface area contributed by atoms with Crippen molar-refractivity contribution in [1.29, 1.82) is 0 Å². The lowest BCUT2D eigenvalue weighted by Crippen LogP contribution is -2.14. The summed E-state index contributed by atoms with van der Waals surface area (Å²) in [6.45, 7) is 0.798. The van der Waals surface area contributed by atoms with Crippen LogP contribution in [0, 0.1) is 5.82 Å². The zero-order valence-electron chi connectivity index (χ0n) is 10.9. The van der Waals surface area contributed by atoms with Gasteiger partial charge in [-0.2, -0.15) is 0 Å². The van der Waals surface area contributed by atoms with E-state index in [2.05, 4.69) is 26.0 Å². The van der Waals surface area contributed by atoms with E-state index >= 15 is 0 Å². The Hall–Kier alpha value is -1.60. The number of rotatable bonds is 3. The van der Waals surface area contributed by atoms with Gasteiger partial charge < -0.3 is 5.32 Å². The van der Waals surface area contributed by atoms with Crippen LogP contribution in [0.1, 0.15) is 5.56 Å². The topological polar surface area (TPSA) is 58.2 Å². The van der Waals surface area contributed by atoms with E-state index in [1.165, 1.54) is 24.3 Å². The average molecular weight is 371 g/mol. The molecule has 0 radical (unpaired) electrons. The molecule has 1 heterocycles. The first kappa shape index (κ1) is 14.3. The number of halogens is 2. The molecule has 2 N–H and O–H groups in total. The first-order chi connectivity index (χ1) is 9.95. The van der Waals surface area contributed by atoms with Crippen LogP contribution >= 0.6 is 15.9 Å². The SMILES string of the molecule is O=S(=O)(Nc1cc(Br)ccc1F)c1ccc2c(c1)NCC2. The molecular formula is C14H12BrFN2O2S. The quantitative estimate of drug-likeness (QED) is 0.870. The predicted molar refractivity (Wildman–Crippen MR) is 83.5 cm³/mol. The molecule has 2 aromatic carbocycles. The zero-order chi connectivity index (χ0) is 15.0. The minimum Gasteiger partial charge on any atom is -0.384 e. The fourth-order valence-corrected chi connectivity index (χ4v) is 3.66. The summed E-state index contributed by atoms with van der Waals surface area (Å²) in [6, 6.07) is 8.98. The first-order valence-corrected chi connectivity index (χ1v) is 8.58. The van der Waals surface area contributed by atoms with E-state index in [9.17, 15) is 12.8 Å². The van der Waals surface area contributed by atoms with Crippen molar-refractivity contribution < 1.29 is 12.8 Å². The molecular weight excluding hydrogens is 359 g/mol. The second-order valence-corrected chi connectivity index (χ2v) is 7.32. The van der Waals surface area contributed by atoms with Crippen molar-refractivity contribution in [3.05, 3.63) is 52.3 Å². The molecule has 0 bridgehead atoms. The van der Waals surface area contributed by atoms with E-state index in [1.54, 1.807) is 12.1 Å². The van der Waals surface area contributed by atoms with Gasteiger partial charge in [0.05, 0.1) is 10.6 Å². The van der Waals surface area contributed by atoms with Gasteiger partial charge in [-0.1, -0.05) is 22.0 Å². The molecule has 7 heteroatoms. The van der Waals surface area contributed by atoms with Gasteiger partial charge in [0.25, 0.3) is 10.0 Å².